The number of nitrogens with one attached hydrogen (secondary N) is 1. The lowest BCUT2D eigenvalue weighted by atomic mass is 10.2. The number of nitrogens with zero attached hydrogens (tertiary/aromatic N) is 3. The molecular weight excluding hydrogens is 356 g/mol. The smallest absolute Gasteiger partial charge is 0.294 e. The Bertz CT molecular complexity index is 1100. The van der Waals surface area contributed by atoms with Gasteiger partial charge in [0.15, 0.2) is 0 Å². The molecule has 1 N–H and O–H groups in total. The average molecular weight is 369 g/mol. The molecule has 5 nitrogen and oxygen atoms in total. The molecule has 0 aliphatic carbocycles. The third-order valence-corrected chi connectivity index (χ3v) is 5.06. The largest absolute Gasteiger partial charge is 0.353 e. The highest BCUT2D eigenvalue weighted by Crippen LogP contribution is 2.25. The first kappa shape index (κ1) is 15.8. The first-order chi connectivity index (χ1) is 12.1. The van der Waals surface area contributed by atoms with Crippen LogP contribution in [0.1, 0.15) is 5.56 Å². The summed E-state index contributed by atoms with van der Waals surface area (Å²) in [6.07, 6.45) is 1.54. The molecule has 124 valence electrons. The Kier molecular flexibility index (Phi) is 3.99. The molecule has 0 aliphatic rings. The number of aromatic nitrogens is 3. The van der Waals surface area contributed by atoms with E-state index in [0.717, 1.165) is 21.5 Å². The van der Waals surface area contributed by atoms with E-state index < -0.39 is 5.56 Å². The standard InChI is InChI=1S/C18H13ClN4OS/c1-11-5-4-6-12(9-11)21-14-10-20-23(17(24)16(14)19)18-22-13-7-2-3-8-15(13)25-18/h2-10,21H,1H3. The van der Waals surface area contributed by atoms with E-state index in [1.807, 2.05) is 55.5 Å². The summed E-state index contributed by atoms with van der Waals surface area (Å²) in [4.78, 5) is 17.1. The predicted molar refractivity (Wildman–Crippen MR) is 102 cm³/mol. The maximum Gasteiger partial charge on any atom is 0.294 e. The minimum Gasteiger partial charge on any atom is -0.353 e. The molecule has 0 spiro atoms. The molecule has 0 amide bonds. The summed E-state index contributed by atoms with van der Waals surface area (Å²) in [7, 11) is 0. The highest BCUT2D eigenvalue weighted by atomic mass is 35.5. The Morgan fingerprint density at radius 1 is 1.16 bits per heavy atom. The molecular formula is C18H13ClN4OS. The lowest BCUT2D eigenvalue weighted by Crippen LogP contribution is -2.22. The second kappa shape index (κ2) is 6.31. The first-order valence-corrected chi connectivity index (χ1v) is 8.79. The van der Waals surface area contributed by atoms with Crippen molar-refractivity contribution >= 4 is 44.5 Å². The zero-order valence-corrected chi connectivity index (χ0v) is 14.8. The van der Waals surface area contributed by atoms with Crippen LogP contribution in [0.2, 0.25) is 5.02 Å². The van der Waals surface area contributed by atoms with Gasteiger partial charge in [-0.1, -0.05) is 47.2 Å². The number of aryl methyl sites for hydroxylation is 1. The van der Waals surface area contributed by atoms with Crippen LogP contribution in [0.15, 0.2) is 59.5 Å². The van der Waals surface area contributed by atoms with E-state index in [4.69, 9.17) is 11.6 Å². The van der Waals surface area contributed by atoms with Crippen molar-refractivity contribution in [2.24, 2.45) is 0 Å². The number of thiazole rings is 1. The fourth-order valence-electron chi connectivity index (χ4n) is 2.49. The molecule has 0 fully saturated rings. The molecule has 7 heteroatoms. The van der Waals surface area contributed by atoms with Crippen molar-refractivity contribution in [1.29, 1.82) is 0 Å². The van der Waals surface area contributed by atoms with Gasteiger partial charge in [0.25, 0.3) is 5.56 Å². The van der Waals surface area contributed by atoms with Crippen molar-refractivity contribution in [2.45, 2.75) is 6.92 Å². The number of benzene rings is 2. The van der Waals surface area contributed by atoms with E-state index in [1.165, 1.54) is 22.2 Å². The molecule has 2 aromatic heterocycles. The minimum atomic E-state index is -0.404. The number of hydrogen-bond donors (Lipinski definition) is 1. The van der Waals surface area contributed by atoms with Gasteiger partial charge in [0.1, 0.15) is 5.02 Å². The van der Waals surface area contributed by atoms with Gasteiger partial charge in [-0.05, 0) is 36.8 Å². The van der Waals surface area contributed by atoms with Gasteiger partial charge in [-0.3, -0.25) is 4.79 Å². The zero-order chi connectivity index (χ0) is 17.4. The summed E-state index contributed by atoms with van der Waals surface area (Å²) in [6, 6.07) is 15.5. The molecule has 0 saturated carbocycles. The predicted octanol–water partition coefficient (Wildman–Crippen LogP) is 4.55. The van der Waals surface area contributed by atoms with Crippen LogP contribution in [0.25, 0.3) is 15.3 Å². The summed E-state index contributed by atoms with van der Waals surface area (Å²) in [5.74, 6) is 0. The third kappa shape index (κ3) is 3.01. The van der Waals surface area contributed by atoms with E-state index in [0.29, 0.717) is 10.8 Å². The zero-order valence-electron chi connectivity index (χ0n) is 13.2. The fourth-order valence-corrected chi connectivity index (χ4v) is 3.58. The van der Waals surface area contributed by atoms with Gasteiger partial charge in [-0.25, -0.2) is 4.98 Å². The number of fused-ring (bicyclic) bond motifs is 1. The van der Waals surface area contributed by atoms with Crippen LogP contribution in [0.4, 0.5) is 11.4 Å². The van der Waals surface area contributed by atoms with E-state index >= 15 is 0 Å². The molecule has 2 heterocycles. The number of anilines is 2. The Hall–Kier alpha value is -2.70. The van der Waals surface area contributed by atoms with Crippen LogP contribution < -0.4 is 10.9 Å². The summed E-state index contributed by atoms with van der Waals surface area (Å²) in [5, 5.41) is 7.94. The van der Waals surface area contributed by atoms with Gasteiger partial charge >= 0.3 is 0 Å². The molecule has 0 unspecified atom stereocenters. The number of rotatable bonds is 3. The van der Waals surface area contributed by atoms with Crippen LogP contribution in [-0.2, 0) is 0 Å². The van der Waals surface area contributed by atoms with Gasteiger partial charge in [0, 0.05) is 5.69 Å². The summed E-state index contributed by atoms with van der Waals surface area (Å²) >= 11 is 7.67. The molecule has 4 aromatic rings. The van der Waals surface area contributed by atoms with E-state index in [-0.39, 0.29) is 5.02 Å². The molecule has 2 aromatic carbocycles. The van der Waals surface area contributed by atoms with Crippen LogP contribution in [-0.4, -0.2) is 14.8 Å². The minimum absolute atomic E-state index is 0.0794. The monoisotopic (exact) mass is 368 g/mol. The normalized spacial score (nSPS) is 11.0. The maximum atomic E-state index is 12.6. The van der Waals surface area contributed by atoms with Gasteiger partial charge in [0.2, 0.25) is 5.13 Å². The molecule has 0 atom stereocenters. The van der Waals surface area contributed by atoms with Crippen molar-refractivity contribution in [2.75, 3.05) is 5.32 Å². The van der Waals surface area contributed by atoms with Crippen LogP contribution in [0, 0.1) is 6.92 Å². The third-order valence-electron chi connectivity index (χ3n) is 3.68. The Morgan fingerprint density at radius 2 is 2.00 bits per heavy atom. The summed E-state index contributed by atoms with van der Waals surface area (Å²) in [6.45, 7) is 2.00. The highest BCUT2D eigenvalue weighted by molar-refractivity contribution is 7.20. The second-order valence-electron chi connectivity index (χ2n) is 5.55. The first-order valence-electron chi connectivity index (χ1n) is 7.59. The van der Waals surface area contributed by atoms with E-state index in [1.54, 1.807) is 0 Å². The molecule has 0 saturated heterocycles. The molecule has 4 rings (SSSR count). The van der Waals surface area contributed by atoms with Gasteiger partial charge in [0.05, 0.1) is 22.1 Å². The van der Waals surface area contributed by atoms with E-state index in [2.05, 4.69) is 15.4 Å². The van der Waals surface area contributed by atoms with Crippen molar-refractivity contribution < 1.29 is 0 Å². The van der Waals surface area contributed by atoms with Gasteiger partial charge in [-0.15, -0.1) is 0 Å². The van der Waals surface area contributed by atoms with Gasteiger partial charge in [-0.2, -0.15) is 9.78 Å². The average Bonchev–Trinajstić information content (AvgIpc) is 3.03. The molecule has 0 radical (unpaired) electrons. The van der Waals surface area contributed by atoms with Crippen molar-refractivity contribution in [1.82, 2.24) is 14.8 Å². The summed E-state index contributed by atoms with van der Waals surface area (Å²) < 4.78 is 2.22. The van der Waals surface area contributed by atoms with Crippen molar-refractivity contribution in [3.05, 3.63) is 75.7 Å². The fraction of sp³-hybridized carbons (Fsp3) is 0.0556. The quantitative estimate of drug-likeness (QED) is 0.576. The van der Waals surface area contributed by atoms with Crippen molar-refractivity contribution in [3.8, 4) is 5.13 Å². The van der Waals surface area contributed by atoms with E-state index in [9.17, 15) is 4.79 Å². The second-order valence-corrected chi connectivity index (χ2v) is 6.93. The van der Waals surface area contributed by atoms with Crippen LogP contribution in [0.3, 0.4) is 0 Å². The molecule has 0 bridgehead atoms. The topological polar surface area (TPSA) is 59.8 Å². The number of hydrogen-bond acceptors (Lipinski definition) is 5. The Morgan fingerprint density at radius 3 is 2.80 bits per heavy atom. The molecule has 25 heavy (non-hydrogen) atoms. The van der Waals surface area contributed by atoms with Crippen molar-refractivity contribution in [3.63, 3.8) is 0 Å². The highest BCUT2D eigenvalue weighted by Gasteiger charge is 2.14. The SMILES string of the molecule is Cc1cccc(Nc2cnn(-c3nc4ccccc4s3)c(=O)c2Cl)c1. The lowest BCUT2D eigenvalue weighted by molar-refractivity contribution is 0.803. The number of halogens is 1. The van der Waals surface area contributed by atoms with Crippen LogP contribution in [0.5, 0.6) is 0 Å². The maximum absolute atomic E-state index is 12.6. The lowest BCUT2D eigenvalue weighted by Gasteiger charge is -2.09. The molecule has 0 aliphatic heterocycles. The summed E-state index contributed by atoms with van der Waals surface area (Å²) in [5.41, 5.74) is 2.85. The number of para-hydroxylation sites is 1. The van der Waals surface area contributed by atoms with Crippen LogP contribution >= 0.6 is 22.9 Å². The Labute approximate surface area is 152 Å². The van der Waals surface area contributed by atoms with Gasteiger partial charge < -0.3 is 5.32 Å². The Balaban J connectivity index is 1.74.